The number of hydrogen-bond acceptors (Lipinski definition) is 3. The summed E-state index contributed by atoms with van der Waals surface area (Å²) in [7, 11) is 0. The summed E-state index contributed by atoms with van der Waals surface area (Å²) in [4.78, 5) is 0. The highest BCUT2D eigenvalue weighted by Gasteiger charge is 2.09. The molecule has 5 heteroatoms. The summed E-state index contributed by atoms with van der Waals surface area (Å²) in [6, 6.07) is 18.2. The molecule has 0 spiro atoms. The van der Waals surface area contributed by atoms with Crippen molar-refractivity contribution in [1.29, 1.82) is 0 Å². The number of rotatable bonds is 8. The van der Waals surface area contributed by atoms with Crippen molar-refractivity contribution in [1.82, 2.24) is 0 Å². The summed E-state index contributed by atoms with van der Waals surface area (Å²) >= 11 is 0. The Kier molecular flexibility index (Phi) is 6.74. The second-order valence-corrected chi connectivity index (χ2v) is 6.76. The largest absolute Gasteiger partial charge is 0.492 e. The highest BCUT2D eigenvalue weighted by molar-refractivity contribution is 5.75. The molecule has 0 bridgehead atoms. The van der Waals surface area contributed by atoms with Gasteiger partial charge < -0.3 is 16.2 Å². The summed E-state index contributed by atoms with van der Waals surface area (Å²) < 4.78 is 32.5. The third-order valence-corrected chi connectivity index (χ3v) is 4.50. The van der Waals surface area contributed by atoms with E-state index in [4.69, 9.17) is 16.2 Å². The Morgan fingerprint density at radius 1 is 0.750 bits per heavy atom. The smallest absolute Gasteiger partial charge is 0.123 e. The van der Waals surface area contributed by atoms with Gasteiger partial charge in [-0.05, 0) is 84.1 Å². The van der Waals surface area contributed by atoms with E-state index in [2.05, 4.69) is 0 Å². The van der Waals surface area contributed by atoms with Crippen LogP contribution >= 0.6 is 0 Å². The molecule has 0 saturated heterocycles. The third kappa shape index (κ3) is 5.38. The zero-order chi connectivity index (χ0) is 19.9. The van der Waals surface area contributed by atoms with Gasteiger partial charge in [0.15, 0.2) is 0 Å². The molecule has 4 N–H and O–H groups in total. The van der Waals surface area contributed by atoms with Crippen LogP contribution in [0.15, 0.2) is 66.7 Å². The minimum absolute atomic E-state index is 0.104. The van der Waals surface area contributed by atoms with Crippen molar-refractivity contribution < 1.29 is 13.5 Å². The lowest BCUT2D eigenvalue weighted by molar-refractivity contribution is 0.281. The molecule has 0 fully saturated rings. The number of halogens is 2. The summed E-state index contributed by atoms with van der Waals surface area (Å²) in [5, 5.41) is 0. The molecule has 0 aliphatic heterocycles. The highest BCUT2D eigenvalue weighted by Crippen LogP contribution is 2.32. The number of benzene rings is 3. The Morgan fingerprint density at radius 2 is 1.25 bits per heavy atom. The maximum Gasteiger partial charge on any atom is 0.123 e. The van der Waals surface area contributed by atoms with E-state index in [-0.39, 0.29) is 17.7 Å². The third-order valence-electron chi connectivity index (χ3n) is 4.50. The van der Waals surface area contributed by atoms with Crippen LogP contribution in [0, 0.1) is 11.6 Å². The van der Waals surface area contributed by atoms with Crippen LogP contribution in [0.1, 0.15) is 12.8 Å². The Labute approximate surface area is 163 Å². The first-order chi connectivity index (χ1) is 13.5. The molecule has 0 aliphatic rings. The van der Waals surface area contributed by atoms with Gasteiger partial charge in [0.05, 0.1) is 0 Å². The first kappa shape index (κ1) is 20.0. The van der Waals surface area contributed by atoms with Gasteiger partial charge in [-0.25, -0.2) is 8.78 Å². The van der Waals surface area contributed by atoms with Crippen LogP contribution in [0.4, 0.5) is 8.78 Å². The van der Waals surface area contributed by atoms with Crippen LogP contribution in [0.3, 0.4) is 0 Å². The van der Waals surface area contributed by atoms with E-state index in [9.17, 15) is 8.78 Å². The molecule has 0 radical (unpaired) electrons. The van der Waals surface area contributed by atoms with E-state index < -0.39 is 0 Å². The highest BCUT2D eigenvalue weighted by atomic mass is 19.1. The molecule has 3 nitrogen and oxygen atoms in total. The standard InChI is InChI=1S/C23H24F2N2O/c24-20-7-3-16(4-8-20)18-12-19(17-5-9-21(25)10-6-17)14-23(13-18)28-15-22(27)2-1-11-26/h3-10,12-14,22H,1-2,11,15,26-27H2/t22-/m0/s1. The van der Waals surface area contributed by atoms with Gasteiger partial charge in [0.2, 0.25) is 0 Å². The zero-order valence-electron chi connectivity index (χ0n) is 15.6. The molecular weight excluding hydrogens is 358 g/mol. The first-order valence-corrected chi connectivity index (χ1v) is 9.30. The molecule has 146 valence electrons. The minimum atomic E-state index is -0.291. The van der Waals surface area contributed by atoms with Crippen molar-refractivity contribution in [3.05, 3.63) is 78.4 Å². The average Bonchev–Trinajstić information content (AvgIpc) is 2.71. The fraction of sp³-hybridized carbons (Fsp3) is 0.217. The second-order valence-electron chi connectivity index (χ2n) is 6.76. The molecule has 0 aromatic heterocycles. The van der Waals surface area contributed by atoms with Crippen molar-refractivity contribution in [2.75, 3.05) is 13.2 Å². The van der Waals surface area contributed by atoms with Crippen LogP contribution in [-0.2, 0) is 0 Å². The maximum atomic E-state index is 13.3. The Balaban J connectivity index is 1.91. The van der Waals surface area contributed by atoms with Crippen LogP contribution in [-0.4, -0.2) is 19.2 Å². The normalized spacial score (nSPS) is 12.0. The van der Waals surface area contributed by atoms with Crippen LogP contribution < -0.4 is 16.2 Å². The fourth-order valence-corrected chi connectivity index (χ4v) is 2.97. The topological polar surface area (TPSA) is 61.3 Å². The summed E-state index contributed by atoms with van der Waals surface area (Å²) in [6.45, 7) is 0.970. The van der Waals surface area contributed by atoms with Crippen LogP contribution in [0.25, 0.3) is 22.3 Å². The molecule has 0 amide bonds. The molecule has 0 aliphatic carbocycles. The lowest BCUT2D eigenvalue weighted by Gasteiger charge is -2.15. The average molecular weight is 382 g/mol. The molecule has 0 unspecified atom stereocenters. The van der Waals surface area contributed by atoms with E-state index >= 15 is 0 Å². The van der Waals surface area contributed by atoms with Gasteiger partial charge >= 0.3 is 0 Å². The van der Waals surface area contributed by atoms with E-state index in [0.29, 0.717) is 18.9 Å². The number of ether oxygens (including phenoxy) is 1. The van der Waals surface area contributed by atoms with Gasteiger partial charge in [-0.3, -0.25) is 0 Å². The maximum absolute atomic E-state index is 13.3. The van der Waals surface area contributed by atoms with Gasteiger partial charge in [0, 0.05) is 6.04 Å². The molecule has 1 atom stereocenters. The van der Waals surface area contributed by atoms with Crippen LogP contribution in [0.2, 0.25) is 0 Å². The Bertz CT molecular complexity index is 832. The van der Waals surface area contributed by atoms with Gasteiger partial charge in [-0.1, -0.05) is 24.3 Å². The van der Waals surface area contributed by atoms with Crippen molar-refractivity contribution in [2.45, 2.75) is 18.9 Å². The molecule has 3 rings (SSSR count). The quantitative estimate of drug-likeness (QED) is 0.591. The lowest BCUT2D eigenvalue weighted by Crippen LogP contribution is -2.28. The van der Waals surface area contributed by atoms with Crippen molar-refractivity contribution in [3.8, 4) is 28.0 Å². The number of hydrogen-bond donors (Lipinski definition) is 2. The van der Waals surface area contributed by atoms with E-state index in [1.54, 1.807) is 24.3 Å². The minimum Gasteiger partial charge on any atom is -0.492 e. The summed E-state index contributed by atoms with van der Waals surface area (Å²) in [5.74, 6) is 0.0749. The fourth-order valence-electron chi connectivity index (χ4n) is 2.97. The molecule has 3 aromatic carbocycles. The SMILES string of the molecule is NCCC[C@H](N)COc1cc(-c2ccc(F)cc2)cc(-c2ccc(F)cc2)c1. The van der Waals surface area contributed by atoms with Gasteiger partial charge in [0.25, 0.3) is 0 Å². The summed E-state index contributed by atoms with van der Waals surface area (Å²) in [5.41, 5.74) is 15.1. The molecule has 0 saturated carbocycles. The monoisotopic (exact) mass is 382 g/mol. The first-order valence-electron chi connectivity index (χ1n) is 9.30. The van der Waals surface area contributed by atoms with E-state index in [0.717, 1.165) is 35.1 Å². The molecule has 3 aromatic rings. The predicted molar refractivity (Wildman–Crippen MR) is 109 cm³/mol. The Morgan fingerprint density at radius 3 is 1.71 bits per heavy atom. The van der Waals surface area contributed by atoms with Crippen molar-refractivity contribution >= 4 is 0 Å². The molecular formula is C23H24F2N2O. The van der Waals surface area contributed by atoms with Gasteiger partial charge in [0.1, 0.15) is 24.0 Å². The summed E-state index contributed by atoms with van der Waals surface area (Å²) in [6.07, 6.45) is 1.64. The lowest BCUT2D eigenvalue weighted by atomic mass is 9.98. The molecule has 28 heavy (non-hydrogen) atoms. The second kappa shape index (κ2) is 9.44. The van der Waals surface area contributed by atoms with Crippen LogP contribution in [0.5, 0.6) is 5.75 Å². The number of nitrogens with two attached hydrogens (primary N) is 2. The zero-order valence-corrected chi connectivity index (χ0v) is 15.6. The van der Waals surface area contributed by atoms with Gasteiger partial charge in [-0.15, -0.1) is 0 Å². The van der Waals surface area contributed by atoms with Crippen molar-refractivity contribution in [2.24, 2.45) is 11.5 Å². The van der Waals surface area contributed by atoms with E-state index in [1.807, 2.05) is 18.2 Å². The Hall–Kier alpha value is -2.76. The van der Waals surface area contributed by atoms with E-state index in [1.165, 1.54) is 24.3 Å². The van der Waals surface area contributed by atoms with Gasteiger partial charge in [-0.2, -0.15) is 0 Å². The van der Waals surface area contributed by atoms with Crippen molar-refractivity contribution in [3.63, 3.8) is 0 Å². The molecule has 0 heterocycles. The predicted octanol–water partition coefficient (Wildman–Crippen LogP) is 4.74.